The molecule has 0 heterocycles. The summed E-state index contributed by atoms with van der Waals surface area (Å²) in [6.07, 6.45) is 4.34. The van der Waals surface area contributed by atoms with E-state index in [1.54, 1.807) is 12.1 Å². The summed E-state index contributed by atoms with van der Waals surface area (Å²) in [4.78, 5) is 24.8. The molecular formula is C30H39NO3. The molecule has 2 aliphatic rings. The second-order valence-electron chi connectivity index (χ2n) is 13.0. The standard InChI is InChI=1S/C30H39NO3/c1-27(2)13-15-29(5,6)22-20(27)17-21-23(30(7,8)16-14-28(21,3)4)24(22)31-25(32)18-9-11-19(12-10-18)26(33)34/h9-12,17H,13-16H2,1-8H3,(H,31,32)(H,33,34). The Morgan fingerprint density at radius 3 is 1.47 bits per heavy atom. The lowest BCUT2D eigenvalue weighted by molar-refractivity contribution is 0.0696. The number of amides is 1. The van der Waals surface area contributed by atoms with Gasteiger partial charge in [0.25, 0.3) is 5.91 Å². The van der Waals surface area contributed by atoms with Crippen LogP contribution in [0.15, 0.2) is 30.3 Å². The molecule has 4 nitrogen and oxygen atoms in total. The van der Waals surface area contributed by atoms with E-state index in [9.17, 15) is 14.7 Å². The number of aromatic carboxylic acids is 1. The highest BCUT2D eigenvalue weighted by Crippen LogP contribution is 2.56. The molecule has 2 aromatic rings. The van der Waals surface area contributed by atoms with Crippen molar-refractivity contribution in [3.8, 4) is 0 Å². The van der Waals surface area contributed by atoms with Crippen LogP contribution in [0.25, 0.3) is 0 Å². The first kappa shape index (κ1) is 24.5. The molecule has 0 unspecified atom stereocenters. The van der Waals surface area contributed by atoms with Gasteiger partial charge in [-0.05, 0) is 93.9 Å². The summed E-state index contributed by atoms with van der Waals surface area (Å²) >= 11 is 0. The minimum Gasteiger partial charge on any atom is -0.478 e. The molecule has 4 heteroatoms. The van der Waals surface area contributed by atoms with Crippen LogP contribution in [0.2, 0.25) is 0 Å². The quantitative estimate of drug-likeness (QED) is 0.503. The third-order valence-corrected chi connectivity index (χ3v) is 8.52. The van der Waals surface area contributed by atoms with Gasteiger partial charge in [-0.1, -0.05) is 61.5 Å². The number of anilines is 1. The van der Waals surface area contributed by atoms with Gasteiger partial charge < -0.3 is 10.4 Å². The largest absolute Gasteiger partial charge is 0.478 e. The van der Waals surface area contributed by atoms with Crippen LogP contribution in [-0.2, 0) is 21.7 Å². The van der Waals surface area contributed by atoms with Crippen molar-refractivity contribution >= 4 is 17.6 Å². The summed E-state index contributed by atoms with van der Waals surface area (Å²) < 4.78 is 0. The topological polar surface area (TPSA) is 66.4 Å². The lowest BCUT2D eigenvalue weighted by Crippen LogP contribution is -2.41. The fourth-order valence-electron chi connectivity index (χ4n) is 6.00. The van der Waals surface area contributed by atoms with Crippen molar-refractivity contribution in [2.24, 2.45) is 0 Å². The Hall–Kier alpha value is -2.62. The second kappa shape index (κ2) is 7.69. The number of benzene rings is 2. The van der Waals surface area contributed by atoms with Crippen LogP contribution in [0.1, 0.15) is 124 Å². The van der Waals surface area contributed by atoms with Crippen molar-refractivity contribution < 1.29 is 14.7 Å². The van der Waals surface area contributed by atoms with Gasteiger partial charge in [0.1, 0.15) is 0 Å². The Morgan fingerprint density at radius 1 is 0.676 bits per heavy atom. The number of carboxylic acid groups (broad SMARTS) is 1. The van der Waals surface area contributed by atoms with Gasteiger partial charge in [0.15, 0.2) is 0 Å². The number of hydrogen-bond acceptors (Lipinski definition) is 2. The van der Waals surface area contributed by atoms with Crippen LogP contribution >= 0.6 is 0 Å². The molecule has 0 spiro atoms. The SMILES string of the molecule is CC1(C)CCC(C)(C)c2c1cc1c(c2NC(=O)c2ccc(C(=O)O)cc2)C(C)(C)CCC1(C)C. The number of carbonyl (C=O) groups excluding carboxylic acids is 1. The first-order valence-corrected chi connectivity index (χ1v) is 12.4. The van der Waals surface area contributed by atoms with Crippen LogP contribution in [0, 0.1) is 0 Å². The van der Waals surface area contributed by atoms with Gasteiger partial charge in [0.05, 0.1) is 5.56 Å². The smallest absolute Gasteiger partial charge is 0.335 e. The first-order chi connectivity index (χ1) is 15.6. The van der Waals surface area contributed by atoms with E-state index < -0.39 is 5.97 Å². The molecule has 1 amide bonds. The fraction of sp³-hybridized carbons (Fsp3) is 0.533. The fourth-order valence-corrected chi connectivity index (χ4v) is 6.00. The average Bonchev–Trinajstić information content (AvgIpc) is 2.74. The third-order valence-electron chi connectivity index (χ3n) is 8.52. The number of carboxylic acids is 1. The van der Waals surface area contributed by atoms with Crippen molar-refractivity contribution in [3.63, 3.8) is 0 Å². The summed E-state index contributed by atoms with van der Waals surface area (Å²) in [5.74, 6) is -1.18. The maximum absolute atomic E-state index is 13.6. The van der Waals surface area contributed by atoms with Gasteiger partial charge in [-0.2, -0.15) is 0 Å². The molecule has 182 valence electrons. The molecule has 0 atom stereocenters. The second-order valence-corrected chi connectivity index (χ2v) is 13.0. The van der Waals surface area contributed by atoms with Gasteiger partial charge in [-0.15, -0.1) is 0 Å². The molecule has 0 bridgehead atoms. The van der Waals surface area contributed by atoms with E-state index in [1.807, 2.05) is 0 Å². The molecular weight excluding hydrogens is 422 g/mol. The highest BCUT2D eigenvalue weighted by atomic mass is 16.4. The number of rotatable bonds is 3. The lowest BCUT2D eigenvalue weighted by Gasteiger charge is -2.49. The van der Waals surface area contributed by atoms with E-state index in [0.29, 0.717) is 5.56 Å². The zero-order valence-electron chi connectivity index (χ0n) is 22.0. The molecule has 4 rings (SSSR count). The summed E-state index contributed by atoms with van der Waals surface area (Å²) in [6.45, 7) is 18.5. The molecule has 34 heavy (non-hydrogen) atoms. The van der Waals surface area contributed by atoms with Crippen LogP contribution < -0.4 is 5.32 Å². The molecule has 0 aromatic heterocycles. The summed E-state index contributed by atoms with van der Waals surface area (Å²) in [7, 11) is 0. The Kier molecular flexibility index (Phi) is 5.54. The lowest BCUT2D eigenvalue weighted by atomic mass is 9.56. The Bertz CT molecular complexity index is 1110. The summed E-state index contributed by atoms with van der Waals surface area (Å²) in [6, 6.07) is 8.65. The highest BCUT2D eigenvalue weighted by molar-refractivity contribution is 6.06. The van der Waals surface area contributed by atoms with Crippen LogP contribution in [-0.4, -0.2) is 17.0 Å². The zero-order chi connectivity index (χ0) is 25.3. The van der Waals surface area contributed by atoms with Crippen molar-refractivity contribution in [3.05, 3.63) is 63.7 Å². The number of fused-ring (bicyclic) bond motifs is 2. The predicted molar refractivity (Wildman–Crippen MR) is 138 cm³/mol. The normalized spacial score (nSPS) is 21.2. The maximum Gasteiger partial charge on any atom is 0.335 e. The van der Waals surface area contributed by atoms with E-state index in [-0.39, 0.29) is 33.1 Å². The van der Waals surface area contributed by atoms with Crippen molar-refractivity contribution in [1.29, 1.82) is 0 Å². The van der Waals surface area contributed by atoms with E-state index >= 15 is 0 Å². The van der Waals surface area contributed by atoms with Crippen LogP contribution in [0.5, 0.6) is 0 Å². The average molecular weight is 462 g/mol. The third kappa shape index (κ3) is 3.95. The van der Waals surface area contributed by atoms with Gasteiger partial charge in [-0.3, -0.25) is 4.79 Å². The Morgan fingerprint density at radius 2 is 1.06 bits per heavy atom. The Balaban J connectivity index is 1.97. The summed E-state index contributed by atoms with van der Waals surface area (Å²) in [5, 5.41) is 12.6. The first-order valence-electron chi connectivity index (χ1n) is 12.4. The van der Waals surface area contributed by atoms with Crippen LogP contribution in [0.3, 0.4) is 0 Å². The van der Waals surface area contributed by atoms with Gasteiger partial charge >= 0.3 is 5.97 Å². The number of nitrogens with one attached hydrogen (secondary N) is 1. The number of carbonyl (C=O) groups is 2. The molecule has 0 fully saturated rings. The minimum atomic E-state index is -0.994. The van der Waals surface area contributed by atoms with E-state index in [0.717, 1.165) is 31.4 Å². The van der Waals surface area contributed by atoms with Crippen LogP contribution in [0.4, 0.5) is 5.69 Å². The molecule has 2 N–H and O–H groups in total. The van der Waals surface area contributed by atoms with Crippen molar-refractivity contribution in [2.75, 3.05) is 5.32 Å². The number of hydrogen-bond donors (Lipinski definition) is 2. The molecule has 2 aliphatic carbocycles. The van der Waals surface area contributed by atoms with Crippen molar-refractivity contribution in [2.45, 2.75) is 103 Å². The van der Waals surface area contributed by atoms with Crippen molar-refractivity contribution in [1.82, 2.24) is 0 Å². The van der Waals surface area contributed by atoms with Gasteiger partial charge in [0, 0.05) is 11.3 Å². The highest BCUT2D eigenvalue weighted by Gasteiger charge is 2.46. The monoisotopic (exact) mass is 461 g/mol. The molecule has 2 aromatic carbocycles. The van der Waals surface area contributed by atoms with E-state index in [2.05, 4.69) is 66.8 Å². The molecule has 0 saturated heterocycles. The predicted octanol–water partition coefficient (Wildman–Crippen LogP) is 7.34. The summed E-state index contributed by atoms with van der Waals surface area (Å²) in [5.41, 5.74) is 6.80. The molecule has 0 aliphatic heterocycles. The van der Waals surface area contributed by atoms with Gasteiger partial charge in [-0.25, -0.2) is 4.79 Å². The van der Waals surface area contributed by atoms with Gasteiger partial charge in [0.2, 0.25) is 0 Å². The molecule has 0 saturated carbocycles. The zero-order valence-corrected chi connectivity index (χ0v) is 22.0. The maximum atomic E-state index is 13.6. The minimum absolute atomic E-state index is 0.0279. The van der Waals surface area contributed by atoms with E-state index in [1.165, 1.54) is 34.4 Å². The van der Waals surface area contributed by atoms with E-state index in [4.69, 9.17) is 0 Å². The Labute approximate surface area is 204 Å². The molecule has 0 radical (unpaired) electrons.